The van der Waals surface area contributed by atoms with Crippen molar-refractivity contribution in [3.05, 3.63) is 0 Å². The van der Waals surface area contributed by atoms with Crippen molar-refractivity contribution in [3.63, 3.8) is 0 Å². The molecule has 25 heavy (non-hydrogen) atoms. The lowest BCUT2D eigenvalue weighted by Gasteiger charge is -2.17. The van der Waals surface area contributed by atoms with E-state index >= 15 is 0 Å². The highest BCUT2D eigenvalue weighted by Gasteiger charge is 2.20. The maximum absolute atomic E-state index is 11.6. The molecule has 0 aliphatic heterocycles. The fraction of sp³-hybridized carbons (Fsp3) is 0.947. The Balaban J connectivity index is 3.21. The number of carbonyl (C=O) groups excluding carboxylic acids is 1. The molecule has 0 amide bonds. The van der Waals surface area contributed by atoms with Crippen LogP contribution in [-0.2, 0) is 23.7 Å². The molecular formula is C19H39NO5. The molecule has 0 saturated carbocycles. The van der Waals surface area contributed by atoms with Gasteiger partial charge in [-0.2, -0.15) is 0 Å². The first-order valence-electron chi connectivity index (χ1n) is 9.32. The molecule has 0 radical (unpaired) electrons. The molecule has 1 N–H and O–H groups in total. The molecule has 0 unspecified atom stereocenters. The Morgan fingerprint density at radius 2 is 1.24 bits per heavy atom. The first kappa shape index (κ1) is 24.5. The lowest BCUT2D eigenvalue weighted by Crippen LogP contribution is -2.33. The fourth-order valence-electron chi connectivity index (χ4n) is 1.64. The summed E-state index contributed by atoms with van der Waals surface area (Å²) in [4.78, 5) is 11.6. The summed E-state index contributed by atoms with van der Waals surface area (Å²) in [6, 6.07) is 0.507. The molecule has 6 heteroatoms. The van der Waals surface area contributed by atoms with Gasteiger partial charge < -0.3 is 24.3 Å². The first-order chi connectivity index (χ1) is 11.7. The molecular weight excluding hydrogens is 322 g/mol. The summed E-state index contributed by atoms with van der Waals surface area (Å²) >= 11 is 0. The van der Waals surface area contributed by atoms with E-state index < -0.39 is 0 Å². The first-order valence-corrected chi connectivity index (χ1v) is 9.32. The van der Waals surface area contributed by atoms with Crippen LogP contribution in [0, 0.1) is 11.3 Å². The van der Waals surface area contributed by atoms with E-state index in [2.05, 4.69) is 26.1 Å². The maximum Gasteiger partial charge on any atom is 0.163 e. The standard InChI is InChI=1S/C19H39NO5/c1-16(2)17(3)20-7-8-22-9-10-23-11-12-24-13-14-25-15-18(21)19(4,5)6/h16-17,20H,7-15H2,1-6H3/t17-/m0/s1. The Hall–Kier alpha value is -0.530. The number of ether oxygens (including phenoxy) is 4. The summed E-state index contributed by atoms with van der Waals surface area (Å²) < 4.78 is 21.6. The molecule has 0 aliphatic carbocycles. The summed E-state index contributed by atoms with van der Waals surface area (Å²) in [6.45, 7) is 17.1. The number of hydrogen-bond donors (Lipinski definition) is 1. The molecule has 0 aromatic carbocycles. The van der Waals surface area contributed by atoms with E-state index in [1.807, 2.05) is 20.8 Å². The summed E-state index contributed by atoms with van der Waals surface area (Å²) in [6.07, 6.45) is 0. The van der Waals surface area contributed by atoms with E-state index in [0.29, 0.717) is 58.2 Å². The number of carbonyl (C=O) groups is 1. The van der Waals surface area contributed by atoms with Crippen molar-refractivity contribution in [2.24, 2.45) is 11.3 Å². The Labute approximate surface area is 153 Å². The van der Waals surface area contributed by atoms with E-state index in [9.17, 15) is 4.79 Å². The van der Waals surface area contributed by atoms with Crippen molar-refractivity contribution < 1.29 is 23.7 Å². The smallest absolute Gasteiger partial charge is 0.163 e. The van der Waals surface area contributed by atoms with Gasteiger partial charge in [0, 0.05) is 18.0 Å². The van der Waals surface area contributed by atoms with E-state index in [4.69, 9.17) is 18.9 Å². The quantitative estimate of drug-likeness (QED) is 0.426. The molecule has 0 aromatic rings. The van der Waals surface area contributed by atoms with Gasteiger partial charge in [-0.05, 0) is 12.8 Å². The van der Waals surface area contributed by atoms with Crippen LogP contribution in [0.5, 0.6) is 0 Å². The molecule has 6 nitrogen and oxygen atoms in total. The Morgan fingerprint density at radius 3 is 1.68 bits per heavy atom. The molecule has 0 saturated heterocycles. The average Bonchev–Trinajstić information content (AvgIpc) is 2.53. The maximum atomic E-state index is 11.6. The van der Waals surface area contributed by atoms with Gasteiger partial charge in [0.1, 0.15) is 6.61 Å². The molecule has 0 rings (SSSR count). The zero-order valence-electron chi connectivity index (χ0n) is 17.1. The molecule has 0 aliphatic rings. The van der Waals surface area contributed by atoms with Gasteiger partial charge in [0.25, 0.3) is 0 Å². The van der Waals surface area contributed by atoms with Crippen LogP contribution in [0.4, 0.5) is 0 Å². The third-order valence-corrected chi connectivity index (χ3v) is 3.90. The predicted molar refractivity (Wildman–Crippen MR) is 100 cm³/mol. The van der Waals surface area contributed by atoms with Crippen molar-refractivity contribution in [1.82, 2.24) is 5.32 Å². The van der Waals surface area contributed by atoms with Crippen molar-refractivity contribution >= 4 is 5.78 Å². The lowest BCUT2D eigenvalue weighted by atomic mass is 9.91. The van der Waals surface area contributed by atoms with Crippen molar-refractivity contribution in [3.8, 4) is 0 Å². The molecule has 0 bridgehead atoms. The van der Waals surface area contributed by atoms with Crippen LogP contribution >= 0.6 is 0 Å². The van der Waals surface area contributed by atoms with Crippen LogP contribution in [-0.4, -0.2) is 71.2 Å². The second-order valence-corrected chi connectivity index (χ2v) is 7.55. The summed E-state index contributed by atoms with van der Waals surface area (Å²) in [5, 5.41) is 3.41. The molecule has 1 atom stereocenters. The average molecular weight is 362 g/mol. The van der Waals surface area contributed by atoms with E-state index in [1.54, 1.807) is 0 Å². The topological polar surface area (TPSA) is 66.0 Å². The second-order valence-electron chi connectivity index (χ2n) is 7.55. The van der Waals surface area contributed by atoms with Gasteiger partial charge in [-0.3, -0.25) is 4.79 Å². The monoisotopic (exact) mass is 361 g/mol. The summed E-state index contributed by atoms with van der Waals surface area (Å²) in [7, 11) is 0. The van der Waals surface area contributed by atoms with Gasteiger partial charge in [0.15, 0.2) is 5.78 Å². The highest BCUT2D eigenvalue weighted by Crippen LogP contribution is 2.14. The fourth-order valence-corrected chi connectivity index (χ4v) is 1.64. The zero-order chi connectivity index (χ0) is 19.1. The van der Waals surface area contributed by atoms with Gasteiger partial charge in [-0.25, -0.2) is 0 Å². The zero-order valence-corrected chi connectivity index (χ0v) is 17.1. The minimum Gasteiger partial charge on any atom is -0.378 e. The number of ketones is 1. The highest BCUT2D eigenvalue weighted by molar-refractivity contribution is 5.84. The second kappa shape index (κ2) is 14.6. The predicted octanol–water partition coefficient (Wildman–Crippen LogP) is 2.30. The van der Waals surface area contributed by atoms with Crippen LogP contribution in [0.25, 0.3) is 0 Å². The van der Waals surface area contributed by atoms with Gasteiger partial charge in [0.05, 0.1) is 46.2 Å². The van der Waals surface area contributed by atoms with Gasteiger partial charge in [-0.1, -0.05) is 34.6 Å². The van der Waals surface area contributed by atoms with Crippen molar-refractivity contribution in [1.29, 1.82) is 0 Å². The Morgan fingerprint density at radius 1 is 0.800 bits per heavy atom. The van der Waals surface area contributed by atoms with Crippen molar-refractivity contribution in [2.45, 2.75) is 47.6 Å². The van der Waals surface area contributed by atoms with Crippen molar-refractivity contribution in [2.75, 3.05) is 59.4 Å². The number of nitrogens with one attached hydrogen (secondary N) is 1. The highest BCUT2D eigenvalue weighted by atomic mass is 16.6. The van der Waals surface area contributed by atoms with Crippen LogP contribution in [0.3, 0.4) is 0 Å². The normalized spacial score (nSPS) is 13.4. The molecule has 150 valence electrons. The van der Waals surface area contributed by atoms with Crippen LogP contribution in [0.1, 0.15) is 41.5 Å². The molecule has 0 aromatic heterocycles. The summed E-state index contributed by atoms with van der Waals surface area (Å²) in [5.74, 6) is 0.734. The van der Waals surface area contributed by atoms with Gasteiger partial charge in [-0.15, -0.1) is 0 Å². The third-order valence-electron chi connectivity index (χ3n) is 3.90. The number of Topliss-reactive ketones (excluding diaryl/α,β-unsaturated/α-hetero) is 1. The molecule has 0 spiro atoms. The lowest BCUT2D eigenvalue weighted by molar-refractivity contribution is -0.131. The van der Waals surface area contributed by atoms with E-state index in [0.717, 1.165) is 6.54 Å². The SMILES string of the molecule is CC(C)[C@H](C)NCCOCCOCCOCCOCC(=O)C(C)(C)C. The minimum atomic E-state index is -0.348. The largest absolute Gasteiger partial charge is 0.378 e. The van der Waals surface area contributed by atoms with Crippen LogP contribution < -0.4 is 5.32 Å². The number of hydrogen-bond acceptors (Lipinski definition) is 6. The Kier molecular flexibility index (Phi) is 14.3. The minimum absolute atomic E-state index is 0.102. The van der Waals surface area contributed by atoms with E-state index in [1.165, 1.54) is 0 Å². The van der Waals surface area contributed by atoms with Gasteiger partial charge in [0.2, 0.25) is 0 Å². The third kappa shape index (κ3) is 15.4. The van der Waals surface area contributed by atoms with Crippen LogP contribution in [0.15, 0.2) is 0 Å². The number of rotatable bonds is 16. The van der Waals surface area contributed by atoms with Gasteiger partial charge >= 0.3 is 0 Å². The van der Waals surface area contributed by atoms with Crippen LogP contribution in [0.2, 0.25) is 0 Å². The molecule has 0 heterocycles. The summed E-state index contributed by atoms with van der Waals surface area (Å²) in [5.41, 5.74) is -0.348. The van der Waals surface area contributed by atoms with E-state index in [-0.39, 0.29) is 17.8 Å². The Bertz CT molecular complexity index is 328. The molecule has 0 fully saturated rings.